The minimum absolute atomic E-state index is 0.0276. The van der Waals surface area contributed by atoms with Crippen LogP contribution in [0.15, 0.2) is 34.9 Å². The third-order valence-corrected chi connectivity index (χ3v) is 3.99. The summed E-state index contributed by atoms with van der Waals surface area (Å²) < 4.78 is 5.37. The third-order valence-electron chi connectivity index (χ3n) is 3.99. The third kappa shape index (κ3) is 4.63. The van der Waals surface area contributed by atoms with Gasteiger partial charge < -0.3 is 9.84 Å². The van der Waals surface area contributed by atoms with E-state index in [1.165, 1.54) is 5.56 Å². The van der Waals surface area contributed by atoms with Gasteiger partial charge in [-0.2, -0.15) is 4.98 Å². The minimum atomic E-state index is 0.0276. The second kappa shape index (κ2) is 7.37. The van der Waals surface area contributed by atoms with Crippen LogP contribution in [0, 0.1) is 0 Å². The number of rotatable bonds is 5. The minimum Gasteiger partial charge on any atom is -0.352 e. The van der Waals surface area contributed by atoms with Crippen LogP contribution < -0.4 is 5.32 Å². The number of likely N-dealkylation sites (tertiary alicyclic amines) is 1. The van der Waals surface area contributed by atoms with Gasteiger partial charge in [-0.25, -0.2) is 0 Å². The van der Waals surface area contributed by atoms with Gasteiger partial charge in [-0.05, 0) is 24.9 Å². The van der Waals surface area contributed by atoms with Crippen molar-refractivity contribution >= 4 is 5.91 Å². The zero-order valence-electron chi connectivity index (χ0n) is 13.4. The van der Waals surface area contributed by atoms with Crippen LogP contribution in [0.5, 0.6) is 0 Å². The van der Waals surface area contributed by atoms with Crippen LogP contribution in [0.1, 0.15) is 37.0 Å². The normalized spacial score (nSPS) is 18.7. The fourth-order valence-electron chi connectivity index (χ4n) is 3.00. The lowest BCUT2D eigenvalue weighted by Gasteiger charge is -2.31. The highest BCUT2D eigenvalue weighted by Gasteiger charge is 2.22. The first kappa shape index (κ1) is 15.7. The molecule has 1 fully saturated rings. The molecular weight excluding hydrogens is 292 g/mol. The van der Waals surface area contributed by atoms with Crippen LogP contribution in [0.2, 0.25) is 0 Å². The van der Waals surface area contributed by atoms with Crippen LogP contribution >= 0.6 is 0 Å². The summed E-state index contributed by atoms with van der Waals surface area (Å²) >= 11 is 0. The number of amides is 1. The molecule has 23 heavy (non-hydrogen) atoms. The van der Waals surface area contributed by atoms with E-state index in [1.807, 2.05) is 18.2 Å². The van der Waals surface area contributed by atoms with Crippen molar-refractivity contribution in [3.8, 4) is 0 Å². The van der Waals surface area contributed by atoms with Crippen molar-refractivity contribution in [1.29, 1.82) is 0 Å². The fraction of sp³-hybridized carbons (Fsp3) is 0.471. The van der Waals surface area contributed by atoms with E-state index < -0.39 is 0 Å². The quantitative estimate of drug-likeness (QED) is 0.910. The van der Waals surface area contributed by atoms with Gasteiger partial charge in [-0.3, -0.25) is 9.69 Å². The van der Waals surface area contributed by atoms with Crippen LogP contribution in [-0.2, 0) is 17.8 Å². The number of hydrogen-bond acceptors (Lipinski definition) is 5. The summed E-state index contributed by atoms with van der Waals surface area (Å²) in [4.78, 5) is 17.9. The number of benzene rings is 1. The summed E-state index contributed by atoms with van der Waals surface area (Å²) in [7, 11) is 0. The van der Waals surface area contributed by atoms with E-state index in [4.69, 9.17) is 4.52 Å². The van der Waals surface area contributed by atoms with E-state index in [0.29, 0.717) is 24.7 Å². The molecule has 0 aliphatic carbocycles. The Labute approximate surface area is 135 Å². The van der Waals surface area contributed by atoms with Crippen molar-refractivity contribution in [2.45, 2.75) is 38.8 Å². The first-order valence-corrected chi connectivity index (χ1v) is 8.04. The molecule has 0 spiro atoms. The molecule has 1 amide bonds. The molecule has 2 aromatic rings. The Kier molecular flexibility index (Phi) is 5.02. The molecule has 6 heteroatoms. The number of aromatic nitrogens is 2. The van der Waals surface area contributed by atoms with Crippen molar-refractivity contribution in [3.63, 3.8) is 0 Å². The Hall–Kier alpha value is -2.21. The lowest BCUT2D eigenvalue weighted by Crippen LogP contribution is -2.46. The van der Waals surface area contributed by atoms with E-state index in [2.05, 4.69) is 32.5 Å². The van der Waals surface area contributed by atoms with Crippen molar-refractivity contribution < 1.29 is 9.32 Å². The topological polar surface area (TPSA) is 71.3 Å². The standard InChI is InChI=1S/C17H22N4O2/c1-13(22)18-15-8-5-9-21(11-15)12-17-19-16(20-23-17)10-14-6-3-2-4-7-14/h2-4,6-7,15H,5,8-12H2,1H3,(H,18,22)/t15-/m0/s1. The molecule has 1 aromatic carbocycles. The highest BCUT2D eigenvalue weighted by Crippen LogP contribution is 2.14. The van der Waals surface area contributed by atoms with Crippen molar-refractivity contribution in [3.05, 3.63) is 47.6 Å². The summed E-state index contributed by atoms with van der Waals surface area (Å²) in [5.41, 5.74) is 1.17. The van der Waals surface area contributed by atoms with Gasteiger partial charge in [-0.15, -0.1) is 0 Å². The second-order valence-electron chi connectivity index (χ2n) is 6.04. The van der Waals surface area contributed by atoms with Crippen molar-refractivity contribution in [2.75, 3.05) is 13.1 Å². The second-order valence-corrected chi connectivity index (χ2v) is 6.04. The van der Waals surface area contributed by atoms with E-state index in [9.17, 15) is 4.79 Å². The van der Waals surface area contributed by atoms with Gasteiger partial charge in [0.05, 0.1) is 6.54 Å². The molecule has 6 nitrogen and oxygen atoms in total. The Bertz CT molecular complexity index is 641. The molecular formula is C17H22N4O2. The maximum atomic E-state index is 11.2. The Morgan fingerprint density at radius 2 is 2.22 bits per heavy atom. The van der Waals surface area contributed by atoms with E-state index in [1.54, 1.807) is 6.92 Å². The molecule has 1 aromatic heterocycles. The first-order valence-electron chi connectivity index (χ1n) is 8.04. The predicted molar refractivity (Wildman–Crippen MR) is 85.7 cm³/mol. The number of piperidine rings is 1. The van der Waals surface area contributed by atoms with Gasteiger partial charge in [0.25, 0.3) is 0 Å². The largest absolute Gasteiger partial charge is 0.352 e. The summed E-state index contributed by atoms with van der Waals surface area (Å²) in [6, 6.07) is 10.3. The number of hydrogen-bond donors (Lipinski definition) is 1. The Balaban J connectivity index is 1.55. The lowest BCUT2D eigenvalue weighted by atomic mass is 10.1. The van der Waals surface area contributed by atoms with Gasteiger partial charge in [0.2, 0.25) is 11.8 Å². The molecule has 1 aliphatic heterocycles. The molecule has 1 N–H and O–H groups in total. The summed E-state index contributed by atoms with van der Waals surface area (Å²) in [6.45, 7) is 4.02. The Morgan fingerprint density at radius 3 is 3.00 bits per heavy atom. The fourth-order valence-corrected chi connectivity index (χ4v) is 3.00. The Morgan fingerprint density at radius 1 is 1.39 bits per heavy atom. The van der Waals surface area contributed by atoms with E-state index in [-0.39, 0.29) is 11.9 Å². The maximum Gasteiger partial charge on any atom is 0.240 e. The van der Waals surface area contributed by atoms with E-state index >= 15 is 0 Å². The summed E-state index contributed by atoms with van der Waals surface area (Å²) in [5.74, 6) is 1.38. The molecule has 3 rings (SSSR count). The zero-order valence-corrected chi connectivity index (χ0v) is 13.4. The summed E-state index contributed by atoms with van der Waals surface area (Å²) in [5, 5.41) is 7.05. The van der Waals surface area contributed by atoms with E-state index in [0.717, 1.165) is 25.9 Å². The van der Waals surface area contributed by atoms with Crippen LogP contribution in [0.25, 0.3) is 0 Å². The van der Waals surface area contributed by atoms with Crippen molar-refractivity contribution in [1.82, 2.24) is 20.4 Å². The average molecular weight is 314 g/mol. The highest BCUT2D eigenvalue weighted by atomic mass is 16.5. The molecule has 122 valence electrons. The maximum absolute atomic E-state index is 11.2. The SMILES string of the molecule is CC(=O)N[C@H]1CCCN(Cc2nc(Cc3ccccc3)no2)C1. The van der Waals surface area contributed by atoms with Gasteiger partial charge in [0.15, 0.2) is 5.82 Å². The van der Waals surface area contributed by atoms with Crippen LogP contribution in [0.3, 0.4) is 0 Å². The number of carbonyl (C=O) groups excluding carboxylic acids is 1. The molecule has 0 radical (unpaired) electrons. The number of nitrogens with zero attached hydrogens (tertiary/aromatic N) is 3. The molecule has 2 heterocycles. The van der Waals surface area contributed by atoms with Crippen LogP contribution in [0.4, 0.5) is 0 Å². The van der Waals surface area contributed by atoms with Gasteiger partial charge >= 0.3 is 0 Å². The number of nitrogens with one attached hydrogen (secondary N) is 1. The van der Waals surface area contributed by atoms with Gasteiger partial charge in [0, 0.05) is 25.9 Å². The van der Waals surface area contributed by atoms with Gasteiger partial charge in [0.1, 0.15) is 0 Å². The number of carbonyl (C=O) groups is 1. The van der Waals surface area contributed by atoms with Crippen molar-refractivity contribution in [2.24, 2.45) is 0 Å². The molecule has 1 atom stereocenters. The highest BCUT2D eigenvalue weighted by molar-refractivity contribution is 5.73. The van der Waals surface area contributed by atoms with Crippen LogP contribution in [-0.4, -0.2) is 40.1 Å². The van der Waals surface area contributed by atoms with Gasteiger partial charge in [-0.1, -0.05) is 35.5 Å². The zero-order chi connectivity index (χ0) is 16.1. The smallest absolute Gasteiger partial charge is 0.240 e. The molecule has 0 unspecified atom stereocenters. The first-order chi connectivity index (χ1) is 11.2. The molecule has 1 aliphatic rings. The molecule has 0 bridgehead atoms. The monoisotopic (exact) mass is 314 g/mol. The average Bonchev–Trinajstić information content (AvgIpc) is 2.95. The lowest BCUT2D eigenvalue weighted by molar-refractivity contribution is -0.120. The molecule has 1 saturated heterocycles. The predicted octanol–water partition coefficient (Wildman–Crippen LogP) is 1.76. The summed E-state index contributed by atoms with van der Waals surface area (Å²) in [6.07, 6.45) is 2.77. The molecule has 0 saturated carbocycles.